The Labute approximate surface area is 277 Å². The number of carbonyl (C=O) groups excluding carboxylic acids is 2. The first kappa shape index (κ1) is 32.2. The van der Waals surface area contributed by atoms with Crippen LogP contribution in [0, 0.1) is 0 Å². The molecule has 11 heteroatoms. The molecule has 2 aromatic carbocycles. The number of allylic oxidation sites excluding steroid dienone is 1. The van der Waals surface area contributed by atoms with E-state index >= 15 is 0 Å². The molecule has 0 spiro atoms. The summed E-state index contributed by atoms with van der Waals surface area (Å²) in [5, 5.41) is 0.555. The highest BCUT2D eigenvalue weighted by Crippen LogP contribution is 2.31. The van der Waals surface area contributed by atoms with Crippen LogP contribution in [0.2, 0.25) is 5.02 Å². The number of thiazole rings is 1. The molecule has 9 nitrogen and oxygen atoms in total. The molecular weight excluding hydrogens is 624 g/mol. The monoisotopic (exact) mass is 662 g/mol. The van der Waals surface area contributed by atoms with Crippen molar-refractivity contribution in [3.05, 3.63) is 95.6 Å². The van der Waals surface area contributed by atoms with Gasteiger partial charge in [0.05, 0.1) is 28.5 Å². The van der Waals surface area contributed by atoms with Gasteiger partial charge in [-0.15, -0.1) is 0 Å². The molecule has 1 saturated heterocycles. The van der Waals surface area contributed by atoms with Crippen molar-refractivity contribution < 1.29 is 19.1 Å². The second-order valence-corrected chi connectivity index (χ2v) is 13.4. The largest absolute Gasteiger partial charge is 0.484 e. The Bertz CT molecular complexity index is 1780. The van der Waals surface area contributed by atoms with Crippen LogP contribution in [0.4, 0.5) is 0 Å². The van der Waals surface area contributed by atoms with Crippen molar-refractivity contribution in [3.63, 3.8) is 0 Å². The molecule has 1 unspecified atom stereocenters. The zero-order chi connectivity index (χ0) is 32.2. The highest BCUT2D eigenvalue weighted by Gasteiger charge is 2.33. The summed E-state index contributed by atoms with van der Waals surface area (Å²) in [6.07, 6.45) is 8.33. The summed E-state index contributed by atoms with van der Waals surface area (Å²) in [6, 6.07) is 14.4. The number of rotatable bonds is 8. The molecule has 1 atom stereocenters. The van der Waals surface area contributed by atoms with Crippen molar-refractivity contribution in [1.29, 1.82) is 0 Å². The van der Waals surface area contributed by atoms with Gasteiger partial charge in [-0.2, -0.15) is 0 Å². The molecule has 2 fully saturated rings. The van der Waals surface area contributed by atoms with Crippen molar-refractivity contribution in [1.82, 2.24) is 14.4 Å². The third-order valence-electron chi connectivity index (χ3n) is 9.00. The highest BCUT2D eigenvalue weighted by atomic mass is 35.5. The molecule has 3 aliphatic rings. The molecule has 3 aromatic rings. The maximum absolute atomic E-state index is 13.8. The first-order valence-corrected chi connectivity index (χ1v) is 17.2. The van der Waals surface area contributed by atoms with E-state index in [0.717, 1.165) is 37.3 Å². The Balaban J connectivity index is 1.15. The Hall–Kier alpha value is -3.73. The van der Waals surface area contributed by atoms with Crippen molar-refractivity contribution >= 4 is 40.9 Å². The minimum Gasteiger partial charge on any atom is -0.484 e. The fourth-order valence-corrected chi connectivity index (χ4v) is 7.76. The fraction of sp³-hybridized carbons (Fsp3) is 0.429. The van der Waals surface area contributed by atoms with Gasteiger partial charge < -0.3 is 14.4 Å². The van der Waals surface area contributed by atoms with Gasteiger partial charge in [0.2, 0.25) is 0 Å². The van der Waals surface area contributed by atoms with Gasteiger partial charge in [0.1, 0.15) is 5.75 Å². The SMILES string of the molecule is CCOC(=O)C1=C(C)N=c2s/c(=C\c3ccc(OCC(=O)N4CCN(C5CCCCC5)CC4)cc3)c(=O)n2C1c1ccc(Cl)cc1. The van der Waals surface area contributed by atoms with Gasteiger partial charge in [0, 0.05) is 37.2 Å². The third-order valence-corrected chi connectivity index (χ3v) is 10.2. The van der Waals surface area contributed by atoms with E-state index in [1.807, 2.05) is 29.2 Å². The van der Waals surface area contributed by atoms with Gasteiger partial charge in [-0.25, -0.2) is 9.79 Å². The molecule has 0 radical (unpaired) electrons. The van der Waals surface area contributed by atoms with Gasteiger partial charge in [-0.1, -0.05) is 66.5 Å². The number of hydrogen-bond donors (Lipinski definition) is 0. The zero-order valence-corrected chi connectivity index (χ0v) is 27.8. The standard InChI is InChI=1S/C35H39ClN4O5S/c1-3-44-34(43)31-23(2)37-35-40(32(31)25-11-13-26(36)14-12-25)33(42)29(46-35)21-24-9-15-28(16-10-24)45-22-30(41)39-19-17-38(18-20-39)27-7-5-4-6-8-27/h9-16,21,27,32H,3-8,17-20,22H2,1-2H3/b29-21-. The number of benzene rings is 2. The number of carbonyl (C=O) groups is 2. The molecule has 1 aromatic heterocycles. The van der Waals surface area contributed by atoms with Crippen LogP contribution in [-0.2, 0) is 14.3 Å². The van der Waals surface area contributed by atoms with Crippen molar-refractivity contribution in [3.8, 4) is 5.75 Å². The van der Waals surface area contributed by atoms with Crippen LogP contribution < -0.4 is 19.6 Å². The summed E-state index contributed by atoms with van der Waals surface area (Å²) < 4.78 is 13.2. The maximum atomic E-state index is 13.8. The molecule has 6 rings (SSSR count). The summed E-state index contributed by atoms with van der Waals surface area (Å²) in [4.78, 5) is 49.3. The van der Waals surface area contributed by atoms with Crippen LogP contribution in [0.5, 0.6) is 5.75 Å². The summed E-state index contributed by atoms with van der Waals surface area (Å²) >= 11 is 7.41. The molecule has 0 N–H and O–H groups in total. The molecule has 3 heterocycles. The predicted molar refractivity (Wildman–Crippen MR) is 179 cm³/mol. The number of halogens is 1. The van der Waals surface area contributed by atoms with Crippen molar-refractivity contribution in [2.75, 3.05) is 39.4 Å². The third kappa shape index (κ3) is 6.99. The number of ether oxygens (including phenoxy) is 2. The van der Waals surface area contributed by atoms with Crippen LogP contribution in [0.25, 0.3) is 6.08 Å². The summed E-state index contributed by atoms with van der Waals surface area (Å²) in [6.45, 7) is 7.05. The number of esters is 1. The molecular formula is C35H39ClN4O5S. The number of hydrogen-bond acceptors (Lipinski definition) is 8. The topological polar surface area (TPSA) is 93.4 Å². The van der Waals surface area contributed by atoms with Gasteiger partial charge in [-0.05, 0) is 68.2 Å². The smallest absolute Gasteiger partial charge is 0.338 e. The van der Waals surface area contributed by atoms with E-state index in [1.165, 1.54) is 43.4 Å². The second kappa shape index (κ2) is 14.4. The number of nitrogens with zero attached hydrogens (tertiary/aromatic N) is 4. The van der Waals surface area contributed by atoms with Crippen molar-refractivity contribution in [2.45, 2.75) is 58.0 Å². The van der Waals surface area contributed by atoms with E-state index in [1.54, 1.807) is 48.8 Å². The average molecular weight is 663 g/mol. The van der Waals surface area contributed by atoms with Crippen molar-refractivity contribution in [2.24, 2.45) is 4.99 Å². The molecule has 46 heavy (non-hydrogen) atoms. The van der Waals surface area contributed by atoms with E-state index in [-0.39, 0.29) is 24.7 Å². The van der Waals surface area contributed by atoms with Gasteiger partial charge in [-0.3, -0.25) is 19.1 Å². The Morgan fingerprint density at radius 2 is 1.70 bits per heavy atom. The zero-order valence-electron chi connectivity index (χ0n) is 26.2. The lowest BCUT2D eigenvalue weighted by molar-refractivity contribution is -0.139. The van der Waals surface area contributed by atoms with Gasteiger partial charge >= 0.3 is 5.97 Å². The Morgan fingerprint density at radius 1 is 1.00 bits per heavy atom. The number of amides is 1. The van der Waals surface area contributed by atoms with Gasteiger partial charge in [0.25, 0.3) is 11.5 Å². The normalized spacial score (nSPS) is 19.5. The minimum absolute atomic E-state index is 0.00111. The van der Waals surface area contributed by atoms with E-state index in [9.17, 15) is 14.4 Å². The molecule has 0 bridgehead atoms. The molecule has 1 aliphatic carbocycles. The highest BCUT2D eigenvalue weighted by molar-refractivity contribution is 7.07. The quantitative estimate of drug-likeness (QED) is 0.334. The number of piperazine rings is 1. The average Bonchev–Trinajstić information content (AvgIpc) is 3.38. The first-order valence-electron chi connectivity index (χ1n) is 16.0. The van der Waals surface area contributed by atoms with Gasteiger partial charge in [0.15, 0.2) is 11.4 Å². The van der Waals surface area contributed by atoms with E-state index in [2.05, 4.69) is 9.89 Å². The van der Waals surface area contributed by atoms with Crippen LogP contribution in [0.3, 0.4) is 0 Å². The second-order valence-electron chi connectivity index (χ2n) is 11.9. The molecule has 1 amide bonds. The van der Waals surface area contributed by atoms with Crippen LogP contribution in [-0.4, -0.2) is 71.7 Å². The predicted octanol–water partition coefficient (Wildman–Crippen LogP) is 4.31. The summed E-state index contributed by atoms with van der Waals surface area (Å²) in [5.74, 6) is 0.0835. The summed E-state index contributed by atoms with van der Waals surface area (Å²) in [5.41, 5.74) is 2.11. The maximum Gasteiger partial charge on any atom is 0.338 e. The fourth-order valence-electron chi connectivity index (χ4n) is 6.58. The lowest BCUT2D eigenvalue weighted by Crippen LogP contribution is -2.53. The van der Waals surface area contributed by atoms with E-state index < -0.39 is 12.0 Å². The Morgan fingerprint density at radius 3 is 2.37 bits per heavy atom. The van der Waals surface area contributed by atoms with E-state index in [4.69, 9.17) is 21.1 Å². The minimum atomic E-state index is -0.696. The van der Waals surface area contributed by atoms with Crippen LogP contribution >= 0.6 is 22.9 Å². The Kier molecular flexibility index (Phi) is 10.1. The van der Waals surface area contributed by atoms with Crippen LogP contribution in [0.1, 0.15) is 63.1 Å². The lowest BCUT2D eigenvalue weighted by atomic mass is 9.94. The number of fused-ring (bicyclic) bond motifs is 1. The first-order chi connectivity index (χ1) is 22.3. The van der Waals surface area contributed by atoms with Crippen LogP contribution in [0.15, 0.2) is 69.6 Å². The molecule has 242 valence electrons. The van der Waals surface area contributed by atoms with E-state index in [0.29, 0.717) is 37.4 Å². The number of aromatic nitrogens is 1. The molecule has 2 aliphatic heterocycles. The lowest BCUT2D eigenvalue weighted by Gasteiger charge is -2.40. The summed E-state index contributed by atoms with van der Waals surface area (Å²) in [7, 11) is 0. The molecule has 1 saturated carbocycles.